The zero-order chi connectivity index (χ0) is 30.1. The number of hydrogen-bond acceptors (Lipinski definition) is 8. The number of hydrogen-bond donors (Lipinski definition) is 1. The fourth-order valence-corrected chi connectivity index (χ4v) is 5.33. The van der Waals surface area contributed by atoms with E-state index in [1.165, 1.54) is 13.8 Å². The third-order valence-electron chi connectivity index (χ3n) is 7.60. The Kier molecular flexibility index (Phi) is 7.43. The molecular formula is C31H31FN8O3. The van der Waals surface area contributed by atoms with E-state index < -0.39 is 11.6 Å². The number of tetrazole rings is 1. The lowest BCUT2D eigenvalue weighted by molar-refractivity contribution is -0.125. The molecule has 0 bridgehead atoms. The number of anilines is 1. The van der Waals surface area contributed by atoms with Crippen molar-refractivity contribution >= 4 is 28.6 Å². The number of carbonyl (C=O) groups is 2. The quantitative estimate of drug-likeness (QED) is 0.283. The van der Waals surface area contributed by atoms with Crippen LogP contribution in [0.3, 0.4) is 0 Å². The van der Waals surface area contributed by atoms with Crippen molar-refractivity contribution in [3.63, 3.8) is 0 Å². The molecule has 3 aromatic heterocycles. The summed E-state index contributed by atoms with van der Waals surface area (Å²) in [7, 11) is 0. The maximum atomic E-state index is 13.9. The number of rotatable bonds is 7. The predicted molar refractivity (Wildman–Crippen MR) is 157 cm³/mol. The Morgan fingerprint density at radius 2 is 1.84 bits per heavy atom. The molecule has 0 radical (unpaired) electrons. The van der Waals surface area contributed by atoms with Crippen molar-refractivity contribution in [2.24, 2.45) is 5.92 Å². The van der Waals surface area contributed by atoms with Gasteiger partial charge in [-0.05, 0) is 80.6 Å². The number of aromatic nitrogens is 6. The first-order valence-corrected chi connectivity index (χ1v) is 14.1. The van der Waals surface area contributed by atoms with Crippen molar-refractivity contribution in [1.29, 1.82) is 0 Å². The zero-order valence-electron chi connectivity index (χ0n) is 24.1. The Hall–Kier alpha value is -5.00. The minimum absolute atomic E-state index is 0.0717. The van der Waals surface area contributed by atoms with Crippen molar-refractivity contribution in [1.82, 2.24) is 35.1 Å². The standard InChI is InChI=1S/C31H31FN8O3/c1-19-36-38-40(37-19)27(20-7-5-4-6-8-20)21-12-15-39(16-13-21)29(41)25-17-22(11-14-33-25)28-35-24-18-23(9-10-26(24)43-28)34-30(42)31(2,3)32/h4-11,14,17-18,21,27H,12-13,15-16H2,1-3H3,(H,34,42)/t27-/m1/s1. The monoisotopic (exact) mass is 582 g/mol. The molecule has 2 amide bonds. The van der Waals surface area contributed by atoms with Crippen molar-refractivity contribution < 1.29 is 18.4 Å². The molecule has 43 heavy (non-hydrogen) atoms. The number of piperidine rings is 1. The molecule has 0 spiro atoms. The molecule has 6 rings (SSSR count). The molecule has 0 unspecified atom stereocenters. The van der Waals surface area contributed by atoms with E-state index in [-0.39, 0.29) is 17.9 Å². The van der Waals surface area contributed by atoms with Gasteiger partial charge in [0.25, 0.3) is 11.8 Å². The minimum atomic E-state index is -2.02. The molecule has 1 fully saturated rings. The fraction of sp³-hybridized carbons (Fsp3) is 0.323. The van der Waals surface area contributed by atoms with Crippen molar-refractivity contribution in [2.75, 3.05) is 18.4 Å². The highest BCUT2D eigenvalue weighted by molar-refractivity contribution is 5.98. The minimum Gasteiger partial charge on any atom is -0.436 e. The molecule has 5 aromatic rings. The van der Waals surface area contributed by atoms with E-state index in [1.54, 1.807) is 41.3 Å². The van der Waals surface area contributed by atoms with Crippen molar-refractivity contribution in [3.05, 3.63) is 83.9 Å². The molecule has 0 saturated carbocycles. The van der Waals surface area contributed by atoms with Crippen LogP contribution in [0.5, 0.6) is 0 Å². The van der Waals surface area contributed by atoms with Gasteiger partial charge in [-0.2, -0.15) is 4.80 Å². The van der Waals surface area contributed by atoms with Gasteiger partial charge >= 0.3 is 0 Å². The average Bonchev–Trinajstić information content (AvgIpc) is 3.63. The Morgan fingerprint density at radius 1 is 1.07 bits per heavy atom. The number of halogens is 1. The first-order chi connectivity index (χ1) is 20.7. The summed E-state index contributed by atoms with van der Waals surface area (Å²) in [4.78, 5) is 37.9. The van der Waals surface area contributed by atoms with E-state index in [9.17, 15) is 14.0 Å². The first-order valence-electron chi connectivity index (χ1n) is 14.1. The normalized spacial score (nSPS) is 15.0. The lowest BCUT2D eigenvalue weighted by Gasteiger charge is -2.35. The number of oxazole rings is 1. The SMILES string of the molecule is Cc1nnn([C@H](c2ccccc2)C2CCN(C(=O)c3cc(-c4nc5cc(NC(=O)C(C)(C)F)ccc5o4)ccn3)CC2)n1. The highest BCUT2D eigenvalue weighted by Crippen LogP contribution is 2.34. The van der Waals surface area contributed by atoms with Crippen molar-refractivity contribution in [2.45, 2.75) is 45.3 Å². The summed E-state index contributed by atoms with van der Waals surface area (Å²) in [6.07, 6.45) is 3.10. The Morgan fingerprint density at radius 3 is 2.53 bits per heavy atom. The fourth-order valence-electron chi connectivity index (χ4n) is 5.33. The van der Waals surface area contributed by atoms with Crippen LogP contribution >= 0.6 is 0 Å². The van der Waals surface area contributed by atoms with Gasteiger partial charge in [-0.15, -0.1) is 10.2 Å². The lowest BCUT2D eigenvalue weighted by atomic mass is 9.85. The summed E-state index contributed by atoms with van der Waals surface area (Å²) in [5.74, 6) is 0.232. The van der Waals surface area contributed by atoms with Crippen LogP contribution in [0.25, 0.3) is 22.6 Å². The van der Waals surface area contributed by atoms with Gasteiger partial charge in [0.15, 0.2) is 17.1 Å². The van der Waals surface area contributed by atoms with Crippen LogP contribution in [-0.4, -0.2) is 65.6 Å². The Balaban J connectivity index is 1.16. The maximum absolute atomic E-state index is 13.9. The molecule has 1 saturated heterocycles. The second-order valence-corrected chi connectivity index (χ2v) is 11.2. The van der Waals surface area contributed by atoms with Crippen molar-refractivity contribution in [3.8, 4) is 11.5 Å². The molecule has 1 N–H and O–H groups in total. The molecule has 11 nitrogen and oxygen atoms in total. The average molecular weight is 583 g/mol. The van der Waals surface area contributed by atoms with Gasteiger partial charge < -0.3 is 14.6 Å². The molecule has 1 atom stereocenters. The summed E-state index contributed by atoms with van der Waals surface area (Å²) < 4.78 is 19.9. The maximum Gasteiger partial charge on any atom is 0.272 e. The van der Waals surface area contributed by atoms with Gasteiger partial charge in [-0.25, -0.2) is 9.37 Å². The number of carbonyl (C=O) groups excluding carboxylic acids is 2. The highest BCUT2D eigenvalue weighted by Gasteiger charge is 2.33. The van der Waals surface area contributed by atoms with Gasteiger partial charge in [-0.3, -0.25) is 14.6 Å². The van der Waals surface area contributed by atoms with Crippen LogP contribution < -0.4 is 5.32 Å². The third kappa shape index (κ3) is 5.99. The Labute approximate surface area is 247 Å². The molecule has 12 heteroatoms. The number of nitrogens with one attached hydrogen (secondary N) is 1. The van der Waals surface area contributed by atoms with E-state index in [0.29, 0.717) is 52.8 Å². The van der Waals surface area contributed by atoms with Gasteiger partial charge in [0.2, 0.25) is 5.89 Å². The number of benzene rings is 2. The second-order valence-electron chi connectivity index (χ2n) is 11.2. The number of pyridine rings is 1. The van der Waals surface area contributed by atoms with Gasteiger partial charge in [0, 0.05) is 30.5 Å². The number of alkyl halides is 1. The molecule has 4 heterocycles. The molecule has 220 valence electrons. The van der Waals surface area contributed by atoms with Crippen LogP contribution in [0.15, 0.2) is 71.3 Å². The molecule has 2 aromatic carbocycles. The summed E-state index contributed by atoms with van der Waals surface area (Å²) in [5.41, 5.74) is 1.36. The Bertz CT molecular complexity index is 1770. The smallest absolute Gasteiger partial charge is 0.272 e. The van der Waals surface area contributed by atoms with Gasteiger partial charge in [0.1, 0.15) is 17.3 Å². The predicted octanol–water partition coefficient (Wildman–Crippen LogP) is 5.01. The molecule has 1 aliphatic heterocycles. The van der Waals surface area contributed by atoms with E-state index in [0.717, 1.165) is 18.4 Å². The van der Waals surface area contributed by atoms with Crippen LogP contribution in [0.2, 0.25) is 0 Å². The summed E-state index contributed by atoms with van der Waals surface area (Å²) >= 11 is 0. The van der Waals surface area contributed by atoms with Gasteiger partial charge in [-0.1, -0.05) is 30.3 Å². The molecular weight excluding hydrogens is 551 g/mol. The summed E-state index contributed by atoms with van der Waals surface area (Å²) in [6, 6.07) is 18.3. The second kappa shape index (κ2) is 11.3. The van der Waals surface area contributed by atoms with E-state index in [1.807, 2.05) is 30.0 Å². The van der Waals surface area contributed by atoms with Gasteiger partial charge in [0.05, 0.1) is 0 Å². The summed E-state index contributed by atoms with van der Waals surface area (Å²) in [6.45, 7) is 5.34. The van der Waals surface area contributed by atoms with Crippen LogP contribution in [0.4, 0.5) is 10.1 Å². The van der Waals surface area contributed by atoms with Crippen LogP contribution in [0, 0.1) is 12.8 Å². The topological polar surface area (TPSA) is 132 Å². The van der Waals surface area contributed by atoms with Crippen LogP contribution in [0.1, 0.15) is 54.6 Å². The van der Waals surface area contributed by atoms with E-state index in [2.05, 4.69) is 42.8 Å². The zero-order valence-corrected chi connectivity index (χ0v) is 24.1. The lowest BCUT2D eigenvalue weighted by Crippen LogP contribution is -2.41. The van der Waals surface area contributed by atoms with E-state index >= 15 is 0 Å². The third-order valence-corrected chi connectivity index (χ3v) is 7.60. The highest BCUT2D eigenvalue weighted by atomic mass is 19.1. The molecule has 1 aliphatic rings. The molecule has 0 aliphatic carbocycles. The van der Waals surface area contributed by atoms with E-state index in [4.69, 9.17) is 4.42 Å². The number of likely N-dealkylation sites (tertiary alicyclic amines) is 1. The number of aryl methyl sites for hydroxylation is 1. The number of nitrogens with zero attached hydrogens (tertiary/aromatic N) is 7. The largest absolute Gasteiger partial charge is 0.436 e. The number of fused-ring (bicyclic) bond motifs is 1. The van der Waals surface area contributed by atoms with Crippen LogP contribution in [-0.2, 0) is 4.79 Å². The first kappa shape index (κ1) is 28.1. The summed E-state index contributed by atoms with van der Waals surface area (Å²) in [5, 5.41) is 15.4. The number of amides is 2.